The number of hydrogen-bond acceptors (Lipinski definition) is 3. The lowest BCUT2D eigenvalue weighted by atomic mass is 10.2. The zero-order valence-corrected chi connectivity index (χ0v) is 12.9. The highest BCUT2D eigenvalue weighted by atomic mass is 28.4. The van der Waals surface area contributed by atoms with Crippen LogP contribution in [0.5, 0.6) is 0 Å². The van der Waals surface area contributed by atoms with Gasteiger partial charge in [-0.2, -0.15) is 5.10 Å². The van der Waals surface area contributed by atoms with Gasteiger partial charge in [0.2, 0.25) is 0 Å². The summed E-state index contributed by atoms with van der Waals surface area (Å²) >= 11 is 0. The summed E-state index contributed by atoms with van der Waals surface area (Å²) in [5.41, 5.74) is 0. The summed E-state index contributed by atoms with van der Waals surface area (Å²) < 4.78 is 8.08. The van der Waals surface area contributed by atoms with Crippen LogP contribution in [0, 0.1) is 0 Å². The number of aromatic nitrogens is 3. The lowest BCUT2D eigenvalue weighted by Gasteiger charge is -2.35. The molecule has 1 aromatic rings. The van der Waals surface area contributed by atoms with Gasteiger partial charge < -0.3 is 4.43 Å². The average Bonchev–Trinajstić information content (AvgIpc) is 2.61. The molecule has 0 aliphatic rings. The maximum absolute atomic E-state index is 6.14. The van der Waals surface area contributed by atoms with Crippen molar-refractivity contribution in [2.45, 2.75) is 65.4 Å². The molecule has 0 saturated carbocycles. The van der Waals surface area contributed by atoms with Crippen LogP contribution >= 0.6 is 0 Å². The van der Waals surface area contributed by atoms with Gasteiger partial charge in [0.1, 0.15) is 6.33 Å². The third kappa shape index (κ3) is 3.64. The second-order valence-corrected chi connectivity index (χ2v) is 10.8. The highest BCUT2D eigenvalue weighted by molar-refractivity contribution is 6.74. The second-order valence-electron chi connectivity index (χ2n) is 5.95. The maximum atomic E-state index is 6.14. The van der Waals surface area contributed by atoms with E-state index in [0.29, 0.717) is 6.61 Å². The monoisotopic (exact) mass is 255 g/mol. The molecule has 0 bridgehead atoms. The number of hydrogen-bond donors (Lipinski definition) is 0. The van der Waals surface area contributed by atoms with Gasteiger partial charge in [-0.3, -0.25) is 0 Å². The highest BCUT2D eigenvalue weighted by Gasteiger charge is 2.37. The van der Waals surface area contributed by atoms with E-state index >= 15 is 0 Å². The second kappa shape index (κ2) is 5.31. The third-order valence-corrected chi connectivity index (χ3v) is 7.98. The van der Waals surface area contributed by atoms with Crippen molar-refractivity contribution < 1.29 is 4.43 Å². The van der Waals surface area contributed by atoms with Crippen LogP contribution in [-0.2, 0) is 17.6 Å². The minimum Gasteiger partial charge on any atom is -0.409 e. The van der Waals surface area contributed by atoms with Crippen LogP contribution in [0.4, 0.5) is 0 Å². The topological polar surface area (TPSA) is 39.9 Å². The van der Waals surface area contributed by atoms with E-state index in [1.54, 1.807) is 6.33 Å². The molecule has 1 heterocycles. The van der Waals surface area contributed by atoms with Crippen molar-refractivity contribution in [3.8, 4) is 0 Å². The Kier molecular flexibility index (Phi) is 4.49. The van der Waals surface area contributed by atoms with Crippen LogP contribution in [0.1, 0.15) is 39.9 Å². The molecule has 0 aliphatic heterocycles. The van der Waals surface area contributed by atoms with Gasteiger partial charge in [-0.15, -0.1) is 0 Å². The van der Waals surface area contributed by atoms with Gasteiger partial charge in [-0.25, -0.2) is 9.67 Å². The molecule has 98 valence electrons. The Bertz CT molecular complexity index is 355. The number of nitrogens with zero attached hydrogens (tertiary/aromatic N) is 3. The van der Waals surface area contributed by atoms with E-state index in [0.717, 1.165) is 18.8 Å². The van der Waals surface area contributed by atoms with E-state index in [9.17, 15) is 0 Å². The lowest BCUT2D eigenvalue weighted by molar-refractivity contribution is 0.259. The summed E-state index contributed by atoms with van der Waals surface area (Å²) in [6.07, 6.45) is 2.68. The zero-order chi connectivity index (χ0) is 13.1. The molecule has 0 spiro atoms. The molecular weight excluding hydrogens is 230 g/mol. The summed E-state index contributed by atoms with van der Waals surface area (Å²) in [5, 5.41) is 4.45. The lowest BCUT2D eigenvalue weighted by Crippen LogP contribution is -2.40. The molecule has 0 amide bonds. The van der Waals surface area contributed by atoms with Crippen molar-refractivity contribution in [2.75, 3.05) is 0 Å². The Morgan fingerprint density at radius 3 is 2.53 bits per heavy atom. The first kappa shape index (κ1) is 14.4. The molecule has 0 aliphatic carbocycles. The summed E-state index contributed by atoms with van der Waals surface area (Å²) in [7, 11) is -1.69. The molecule has 5 heteroatoms. The van der Waals surface area contributed by atoms with Gasteiger partial charge in [0, 0.05) is 6.54 Å². The fourth-order valence-corrected chi connectivity index (χ4v) is 2.18. The fourth-order valence-electron chi connectivity index (χ4n) is 1.26. The van der Waals surface area contributed by atoms with E-state index in [1.165, 1.54) is 0 Å². The van der Waals surface area contributed by atoms with E-state index in [4.69, 9.17) is 4.43 Å². The maximum Gasteiger partial charge on any atom is 0.192 e. The van der Waals surface area contributed by atoms with E-state index < -0.39 is 8.32 Å². The minimum absolute atomic E-state index is 0.239. The van der Waals surface area contributed by atoms with E-state index in [1.807, 2.05) is 4.68 Å². The van der Waals surface area contributed by atoms with E-state index in [-0.39, 0.29) is 5.04 Å². The first-order valence-corrected chi connectivity index (χ1v) is 9.19. The normalized spacial score (nSPS) is 13.1. The molecule has 0 aromatic carbocycles. The van der Waals surface area contributed by atoms with Gasteiger partial charge >= 0.3 is 0 Å². The molecule has 1 aromatic heterocycles. The Balaban J connectivity index is 2.64. The fraction of sp³-hybridized carbons (Fsp3) is 0.833. The molecule has 0 fully saturated rings. The van der Waals surface area contributed by atoms with Crippen molar-refractivity contribution >= 4 is 8.32 Å². The Labute approximate surface area is 106 Å². The molecule has 17 heavy (non-hydrogen) atoms. The third-order valence-electron chi connectivity index (χ3n) is 3.50. The van der Waals surface area contributed by atoms with Gasteiger partial charge in [-0.05, 0) is 24.6 Å². The van der Waals surface area contributed by atoms with Crippen LogP contribution in [-0.4, -0.2) is 23.1 Å². The first-order chi connectivity index (χ1) is 7.78. The van der Waals surface area contributed by atoms with Gasteiger partial charge in [0.15, 0.2) is 14.1 Å². The standard InChI is InChI=1S/C12H25N3OSi/c1-7-8-15-11(13-10-14-15)9-16-17(5,6)12(2,3)4/h10H,7-9H2,1-6H3. The van der Waals surface area contributed by atoms with Crippen LogP contribution in [0.2, 0.25) is 18.1 Å². The van der Waals surface area contributed by atoms with Crippen molar-refractivity contribution in [3.63, 3.8) is 0 Å². The van der Waals surface area contributed by atoms with Gasteiger partial charge in [-0.1, -0.05) is 27.7 Å². The molecule has 4 nitrogen and oxygen atoms in total. The van der Waals surface area contributed by atoms with Gasteiger partial charge in [0.25, 0.3) is 0 Å². The average molecular weight is 255 g/mol. The predicted molar refractivity (Wildman–Crippen MR) is 72.3 cm³/mol. The quantitative estimate of drug-likeness (QED) is 0.759. The Morgan fingerprint density at radius 2 is 2.00 bits per heavy atom. The molecule has 0 N–H and O–H groups in total. The minimum atomic E-state index is -1.69. The Morgan fingerprint density at radius 1 is 1.35 bits per heavy atom. The highest BCUT2D eigenvalue weighted by Crippen LogP contribution is 2.36. The zero-order valence-electron chi connectivity index (χ0n) is 11.9. The molecule has 0 saturated heterocycles. The molecular formula is C12H25N3OSi. The summed E-state index contributed by atoms with van der Waals surface area (Å²) in [6.45, 7) is 14.9. The predicted octanol–water partition coefficient (Wildman–Crippen LogP) is 3.21. The van der Waals surface area contributed by atoms with Crippen LogP contribution in [0.3, 0.4) is 0 Å². The Hall–Kier alpha value is -0.683. The number of aryl methyl sites for hydroxylation is 1. The van der Waals surface area contributed by atoms with Crippen molar-refractivity contribution in [2.24, 2.45) is 0 Å². The van der Waals surface area contributed by atoms with Crippen LogP contribution < -0.4 is 0 Å². The summed E-state index contributed by atoms with van der Waals surface area (Å²) in [5.74, 6) is 0.941. The van der Waals surface area contributed by atoms with Crippen LogP contribution in [0.25, 0.3) is 0 Å². The number of rotatable bonds is 5. The summed E-state index contributed by atoms with van der Waals surface area (Å²) in [4.78, 5) is 4.27. The molecule has 1 rings (SSSR count). The SMILES string of the molecule is CCCn1ncnc1CO[Si](C)(C)C(C)(C)C. The van der Waals surface area contributed by atoms with Crippen molar-refractivity contribution in [3.05, 3.63) is 12.2 Å². The summed E-state index contributed by atoms with van der Waals surface area (Å²) in [6, 6.07) is 0. The van der Waals surface area contributed by atoms with E-state index in [2.05, 4.69) is 50.9 Å². The van der Waals surface area contributed by atoms with Crippen LogP contribution in [0.15, 0.2) is 6.33 Å². The largest absolute Gasteiger partial charge is 0.409 e. The van der Waals surface area contributed by atoms with Gasteiger partial charge in [0.05, 0.1) is 6.61 Å². The molecule has 0 atom stereocenters. The van der Waals surface area contributed by atoms with Crippen molar-refractivity contribution in [1.29, 1.82) is 0 Å². The first-order valence-electron chi connectivity index (χ1n) is 6.28. The molecule has 0 unspecified atom stereocenters. The smallest absolute Gasteiger partial charge is 0.192 e. The molecule has 0 radical (unpaired) electrons. The van der Waals surface area contributed by atoms with Crippen molar-refractivity contribution in [1.82, 2.24) is 14.8 Å².